The van der Waals surface area contributed by atoms with Crippen molar-refractivity contribution in [1.82, 2.24) is 4.90 Å². The van der Waals surface area contributed by atoms with Crippen molar-refractivity contribution >= 4 is 0 Å². The summed E-state index contributed by atoms with van der Waals surface area (Å²) >= 11 is 0. The van der Waals surface area contributed by atoms with Crippen LogP contribution >= 0.6 is 0 Å². The van der Waals surface area contributed by atoms with Crippen LogP contribution in [0.25, 0.3) is 0 Å². The second-order valence-electron chi connectivity index (χ2n) is 4.63. The highest BCUT2D eigenvalue weighted by molar-refractivity contribution is 4.79. The summed E-state index contributed by atoms with van der Waals surface area (Å²) in [6.07, 6.45) is 8.44. The number of unbranched alkanes of at least 4 members (excludes halogenated alkanes) is 5. The van der Waals surface area contributed by atoms with Crippen molar-refractivity contribution in [2.75, 3.05) is 26.2 Å². The highest BCUT2D eigenvalue weighted by Gasteiger charge is 2.23. The SMILES string of the molecule is CCCCCCCCN1CC(CN)C1. The van der Waals surface area contributed by atoms with Crippen LogP contribution in [-0.4, -0.2) is 31.1 Å². The molecule has 0 saturated carbocycles. The molecule has 1 heterocycles. The zero-order chi connectivity index (χ0) is 10.2. The second-order valence-corrected chi connectivity index (χ2v) is 4.63. The standard InChI is InChI=1S/C12H26N2/c1-2-3-4-5-6-7-8-14-10-12(9-13)11-14/h12H,2-11,13H2,1H3. The Labute approximate surface area is 88.8 Å². The first kappa shape index (κ1) is 12.0. The number of hydrogen-bond donors (Lipinski definition) is 1. The summed E-state index contributed by atoms with van der Waals surface area (Å²) in [4.78, 5) is 2.54. The third-order valence-corrected chi connectivity index (χ3v) is 3.19. The minimum Gasteiger partial charge on any atom is -0.330 e. The molecule has 1 aliphatic rings. The van der Waals surface area contributed by atoms with E-state index in [2.05, 4.69) is 11.8 Å². The van der Waals surface area contributed by atoms with Gasteiger partial charge in [-0.3, -0.25) is 0 Å². The van der Waals surface area contributed by atoms with Gasteiger partial charge in [-0.05, 0) is 25.4 Å². The highest BCUT2D eigenvalue weighted by atomic mass is 15.2. The van der Waals surface area contributed by atoms with Crippen molar-refractivity contribution in [3.05, 3.63) is 0 Å². The normalized spacial score (nSPS) is 18.4. The molecule has 1 fully saturated rings. The maximum atomic E-state index is 5.58. The first-order valence-corrected chi connectivity index (χ1v) is 6.29. The Kier molecular flexibility index (Phi) is 6.20. The van der Waals surface area contributed by atoms with E-state index in [0.717, 1.165) is 12.5 Å². The third kappa shape index (κ3) is 4.43. The van der Waals surface area contributed by atoms with Crippen molar-refractivity contribution < 1.29 is 0 Å². The van der Waals surface area contributed by atoms with Crippen molar-refractivity contribution in [3.8, 4) is 0 Å². The molecule has 0 bridgehead atoms. The van der Waals surface area contributed by atoms with Gasteiger partial charge in [0.2, 0.25) is 0 Å². The molecule has 0 radical (unpaired) electrons. The molecule has 2 heteroatoms. The smallest absolute Gasteiger partial charge is 0.00341 e. The van der Waals surface area contributed by atoms with E-state index in [1.807, 2.05) is 0 Å². The van der Waals surface area contributed by atoms with Gasteiger partial charge in [0.15, 0.2) is 0 Å². The Bertz CT molecular complexity index is 130. The van der Waals surface area contributed by atoms with Gasteiger partial charge in [0.1, 0.15) is 0 Å². The van der Waals surface area contributed by atoms with Crippen LogP contribution < -0.4 is 5.73 Å². The van der Waals surface area contributed by atoms with E-state index in [-0.39, 0.29) is 0 Å². The van der Waals surface area contributed by atoms with Crippen LogP contribution in [0.15, 0.2) is 0 Å². The van der Waals surface area contributed by atoms with Crippen LogP contribution in [0.4, 0.5) is 0 Å². The Hall–Kier alpha value is -0.0800. The van der Waals surface area contributed by atoms with Gasteiger partial charge in [-0.15, -0.1) is 0 Å². The van der Waals surface area contributed by atoms with Crippen molar-refractivity contribution in [1.29, 1.82) is 0 Å². The zero-order valence-electron chi connectivity index (χ0n) is 9.67. The van der Waals surface area contributed by atoms with E-state index in [1.165, 1.54) is 58.2 Å². The minimum atomic E-state index is 0.801. The topological polar surface area (TPSA) is 29.3 Å². The van der Waals surface area contributed by atoms with Crippen LogP contribution in [0.2, 0.25) is 0 Å². The number of nitrogens with two attached hydrogens (primary N) is 1. The average Bonchev–Trinajstić information content (AvgIpc) is 2.14. The van der Waals surface area contributed by atoms with E-state index in [0.29, 0.717) is 0 Å². The molecule has 1 rings (SSSR count). The Balaban J connectivity index is 1.77. The molecule has 0 aliphatic carbocycles. The van der Waals surface area contributed by atoms with Crippen molar-refractivity contribution in [3.63, 3.8) is 0 Å². The van der Waals surface area contributed by atoms with E-state index in [9.17, 15) is 0 Å². The average molecular weight is 198 g/mol. The Morgan fingerprint density at radius 2 is 1.71 bits per heavy atom. The minimum absolute atomic E-state index is 0.801. The molecule has 0 spiro atoms. The van der Waals surface area contributed by atoms with Gasteiger partial charge in [-0.2, -0.15) is 0 Å². The van der Waals surface area contributed by atoms with E-state index in [1.54, 1.807) is 0 Å². The molecule has 14 heavy (non-hydrogen) atoms. The van der Waals surface area contributed by atoms with Gasteiger partial charge >= 0.3 is 0 Å². The monoisotopic (exact) mass is 198 g/mol. The molecule has 0 aromatic heterocycles. The van der Waals surface area contributed by atoms with Gasteiger partial charge in [0, 0.05) is 13.1 Å². The number of rotatable bonds is 8. The first-order valence-electron chi connectivity index (χ1n) is 6.29. The summed E-state index contributed by atoms with van der Waals surface area (Å²) < 4.78 is 0. The van der Waals surface area contributed by atoms with Crippen molar-refractivity contribution in [2.45, 2.75) is 45.4 Å². The maximum Gasteiger partial charge on any atom is 0.00341 e. The molecule has 0 unspecified atom stereocenters. The molecule has 2 nitrogen and oxygen atoms in total. The van der Waals surface area contributed by atoms with Gasteiger partial charge in [-0.1, -0.05) is 39.0 Å². The summed E-state index contributed by atoms with van der Waals surface area (Å²) in [6, 6.07) is 0. The molecule has 1 saturated heterocycles. The van der Waals surface area contributed by atoms with Crippen molar-refractivity contribution in [2.24, 2.45) is 11.7 Å². The summed E-state index contributed by atoms with van der Waals surface area (Å²) in [7, 11) is 0. The predicted molar refractivity (Wildman–Crippen MR) is 62.4 cm³/mol. The maximum absolute atomic E-state index is 5.58. The largest absolute Gasteiger partial charge is 0.330 e. The first-order chi connectivity index (χ1) is 6.86. The van der Waals surface area contributed by atoms with Crippen LogP contribution in [0.5, 0.6) is 0 Å². The van der Waals surface area contributed by atoms with Gasteiger partial charge in [-0.25, -0.2) is 0 Å². The van der Waals surface area contributed by atoms with Crippen LogP contribution in [0.1, 0.15) is 45.4 Å². The summed E-state index contributed by atoms with van der Waals surface area (Å²) in [5.74, 6) is 0.801. The molecule has 0 aromatic carbocycles. The molecular weight excluding hydrogens is 172 g/mol. The fourth-order valence-electron chi connectivity index (χ4n) is 2.12. The van der Waals surface area contributed by atoms with Gasteiger partial charge in [0.25, 0.3) is 0 Å². The lowest BCUT2D eigenvalue weighted by molar-refractivity contribution is 0.104. The lowest BCUT2D eigenvalue weighted by Gasteiger charge is -2.38. The van der Waals surface area contributed by atoms with Gasteiger partial charge < -0.3 is 10.6 Å². The molecule has 2 N–H and O–H groups in total. The molecule has 1 aliphatic heterocycles. The summed E-state index contributed by atoms with van der Waals surface area (Å²) in [5.41, 5.74) is 5.58. The fraction of sp³-hybridized carbons (Fsp3) is 1.00. The van der Waals surface area contributed by atoms with Gasteiger partial charge in [0.05, 0.1) is 0 Å². The lowest BCUT2D eigenvalue weighted by Crippen LogP contribution is -2.49. The number of nitrogens with zero attached hydrogens (tertiary/aromatic N) is 1. The van der Waals surface area contributed by atoms with E-state index in [4.69, 9.17) is 5.73 Å². The quantitative estimate of drug-likeness (QED) is 0.606. The second kappa shape index (κ2) is 7.24. The predicted octanol–water partition coefficient (Wildman–Crippen LogP) is 2.24. The molecule has 84 valence electrons. The molecule has 0 atom stereocenters. The fourth-order valence-corrected chi connectivity index (χ4v) is 2.12. The van der Waals surface area contributed by atoms with E-state index >= 15 is 0 Å². The molecular formula is C12H26N2. The Morgan fingerprint density at radius 1 is 1.07 bits per heavy atom. The van der Waals surface area contributed by atoms with E-state index < -0.39 is 0 Å². The number of likely N-dealkylation sites (tertiary alicyclic amines) is 1. The number of hydrogen-bond acceptors (Lipinski definition) is 2. The van der Waals surface area contributed by atoms with Crippen LogP contribution in [0, 0.1) is 5.92 Å². The Morgan fingerprint density at radius 3 is 2.36 bits per heavy atom. The van der Waals surface area contributed by atoms with Crippen LogP contribution in [-0.2, 0) is 0 Å². The zero-order valence-corrected chi connectivity index (χ0v) is 9.67. The molecule has 0 amide bonds. The lowest BCUT2D eigenvalue weighted by atomic mass is 10.00. The molecule has 0 aromatic rings. The van der Waals surface area contributed by atoms with Crippen LogP contribution in [0.3, 0.4) is 0 Å². The highest BCUT2D eigenvalue weighted by Crippen LogP contribution is 2.15. The summed E-state index contributed by atoms with van der Waals surface area (Å²) in [6.45, 7) is 6.97. The third-order valence-electron chi connectivity index (χ3n) is 3.19. The summed E-state index contributed by atoms with van der Waals surface area (Å²) in [5, 5.41) is 0.